The average molecular weight is 406 g/mol. The number of ketones is 1. The van der Waals surface area contributed by atoms with Crippen LogP contribution in [-0.4, -0.2) is 53.3 Å². The number of hydrogen-bond acceptors (Lipinski definition) is 4. The summed E-state index contributed by atoms with van der Waals surface area (Å²) in [6.45, 7) is 8.85. The number of aryl methyl sites for hydroxylation is 3. The van der Waals surface area contributed by atoms with E-state index in [9.17, 15) is 9.90 Å². The number of aromatic nitrogens is 1. The van der Waals surface area contributed by atoms with Crippen LogP contribution in [0.2, 0.25) is 0 Å². The molecule has 1 aromatic heterocycles. The molecular weight excluding hydrogens is 374 g/mol. The summed E-state index contributed by atoms with van der Waals surface area (Å²) in [6.07, 6.45) is 0.472. The molecule has 0 aliphatic heterocycles. The third-order valence-electron chi connectivity index (χ3n) is 5.26. The minimum atomic E-state index is 0.0939. The van der Waals surface area contributed by atoms with Gasteiger partial charge in [0.15, 0.2) is 5.78 Å². The van der Waals surface area contributed by atoms with E-state index in [2.05, 4.69) is 43.1 Å². The molecule has 5 nitrogen and oxygen atoms in total. The van der Waals surface area contributed by atoms with Crippen molar-refractivity contribution in [3.05, 3.63) is 58.7 Å². The summed E-state index contributed by atoms with van der Waals surface area (Å²) in [4.78, 5) is 18.7. The standard InChI is InChI=1S/C25H31N3O2/c1-16-7-8-22-23(14-16)28(20-12-17(2)11-18(3)13-20)25(30)24(22)19(4)26-15-21(29)9-10-27(5)6/h7-8,11-14,30H,9-10,15H2,1-6H3. The normalized spacial score (nSPS) is 12.2. The molecule has 5 heteroatoms. The van der Waals surface area contributed by atoms with Gasteiger partial charge in [0.25, 0.3) is 0 Å². The van der Waals surface area contributed by atoms with Crippen molar-refractivity contribution in [1.82, 2.24) is 9.47 Å². The molecule has 0 saturated carbocycles. The lowest BCUT2D eigenvalue weighted by Gasteiger charge is -2.10. The lowest BCUT2D eigenvalue weighted by molar-refractivity contribution is -0.117. The zero-order chi connectivity index (χ0) is 22.0. The van der Waals surface area contributed by atoms with Crippen LogP contribution in [0.1, 0.15) is 35.6 Å². The van der Waals surface area contributed by atoms with Crippen LogP contribution in [0.25, 0.3) is 16.6 Å². The number of benzene rings is 2. The molecule has 3 aromatic rings. The van der Waals surface area contributed by atoms with Gasteiger partial charge in [0.1, 0.15) is 0 Å². The fourth-order valence-corrected chi connectivity index (χ4v) is 3.80. The first-order valence-electron chi connectivity index (χ1n) is 10.3. The van der Waals surface area contributed by atoms with Gasteiger partial charge in [0.2, 0.25) is 5.88 Å². The van der Waals surface area contributed by atoms with E-state index in [-0.39, 0.29) is 18.2 Å². The largest absolute Gasteiger partial charge is 0.494 e. The van der Waals surface area contributed by atoms with Gasteiger partial charge in [-0.2, -0.15) is 0 Å². The van der Waals surface area contributed by atoms with Crippen LogP contribution in [0.3, 0.4) is 0 Å². The lowest BCUT2D eigenvalue weighted by atomic mass is 10.1. The summed E-state index contributed by atoms with van der Waals surface area (Å²) in [6, 6.07) is 12.4. The summed E-state index contributed by atoms with van der Waals surface area (Å²) >= 11 is 0. The highest BCUT2D eigenvalue weighted by atomic mass is 16.3. The molecule has 0 fully saturated rings. The molecule has 0 spiro atoms. The second kappa shape index (κ2) is 8.84. The fourth-order valence-electron chi connectivity index (χ4n) is 3.80. The van der Waals surface area contributed by atoms with E-state index in [1.807, 2.05) is 49.5 Å². The minimum absolute atomic E-state index is 0.0939. The van der Waals surface area contributed by atoms with E-state index in [4.69, 9.17) is 0 Å². The summed E-state index contributed by atoms with van der Waals surface area (Å²) < 4.78 is 1.88. The van der Waals surface area contributed by atoms with Crippen molar-refractivity contribution in [3.63, 3.8) is 0 Å². The highest BCUT2D eigenvalue weighted by molar-refractivity contribution is 6.13. The predicted octanol–water partition coefficient (Wildman–Crippen LogP) is 4.59. The SMILES string of the molecule is CC(=NCC(=O)CCN(C)C)c1c(O)n(-c2cc(C)cc(C)c2)c2cc(C)ccc12. The van der Waals surface area contributed by atoms with Crippen molar-refractivity contribution in [3.8, 4) is 11.6 Å². The second-order valence-corrected chi connectivity index (χ2v) is 8.39. The van der Waals surface area contributed by atoms with E-state index in [1.54, 1.807) is 0 Å². The van der Waals surface area contributed by atoms with Crippen LogP contribution in [0.5, 0.6) is 5.88 Å². The van der Waals surface area contributed by atoms with Gasteiger partial charge in [0.05, 0.1) is 17.6 Å². The van der Waals surface area contributed by atoms with Gasteiger partial charge in [-0.05, 0) is 76.7 Å². The number of fused-ring (bicyclic) bond motifs is 1. The van der Waals surface area contributed by atoms with Gasteiger partial charge in [-0.25, -0.2) is 0 Å². The average Bonchev–Trinajstić information content (AvgIpc) is 2.94. The zero-order valence-corrected chi connectivity index (χ0v) is 18.8. The molecule has 0 unspecified atom stereocenters. The Morgan fingerprint density at radius 3 is 2.33 bits per heavy atom. The third kappa shape index (κ3) is 4.62. The maximum Gasteiger partial charge on any atom is 0.206 e. The molecule has 0 amide bonds. The number of nitrogens with zero attached hydrogens (tertiary/aromatic N) is 3. The van der Waals surface area contributed by atoms with E-state index in [1.165, 1.54) is 0 Å². The number of carbonyl (C=O) groups excluding carboxylic acids is 1. The zero-order valence-electron chi connectivity index (χ0n) is 18.8. The number of hydrogen-bond donors (Lipinski definition) is 1. The second-order valence-electron chi connectivity index (χ2n) is 8.39. The van der Waals surface area contributed by atoms with Gasteiger partial charge in [-0.15, -0.1) is 0 Å². The molecule has 1 heterocycles. The Morgan fingerprint density at radius 2 is 1.70 bits per heavy atom. The Kier molecular flexibility index (Phi) is 6.42. The Hall–Kier alpha value is -2.92. The highest BCUT2D eigenvalue weighted by Gasteiger charge is 2.20. The molecular formula is C25H31N3O2. The van der Waals surface area contributed by atoms with E-state index in [0.29, 0.717) is 24.2 Å². The van der Waals surface area contributed by atoms with Crippen LogP contribution in [0.4, 0.5) is 0 Å². The van der Waals surface area contributed by atoms with Crippen LogP contribution >= 0.6 is 0 Å². The molecule has 0 saturated heterocycles. The Labute approximate surface area is 178 Å². The van der Waals surface area contributed by atoms with E-state index >= 15 is 0 Å². The van der Waals surface area contributed by atoms with Crippen LogP contribution in [0.15, 0.2) is 41.4 Å². The number of aliphatic imine (C=N–C) groups is 1. The lowest BCUT2D eigenvalue weighted by Crippen LogP contribution is -2.18. The number of aromatic hydroxyl groups is 1. The Morgan fingerprint density at radius 1 is 1.03 bits per heavy atom. The first kappa shape index (κ1) is 21.8. The number of Topliss-reactive ketones (excluding diaryl/α,β-unsaturated/α-hetero) is 1. The molecule has 158 valence electrons. The van der Waals surface area contributed by atoms with Crippen molar-refractivity contribution in [2.75, 3.05) is 27.2 Å². The minimum Gasteiger partial charge on any atom is -0.494 e. The smallest absolute Gasteiger partial charge is 0.206 e. The molecule has 3 rings (SSSR count). The summed E-state index contributed by atoms with van der Waals surface area (Å²) in [5.74, 6) is 0.249. The van der Waals surface area contributed by atoms with Gasteiger partial charge in [-0.3, -0.25) is 14.4 Å². The summed E-state index contributed by atoms with van der Waals surface area (Å²) in [5, 5.41) is 12.2. The predicted molar refractivity (Wildman–Crippen MR) is 124 cm³/mol. The monoisotopic (exact) mass is 405 g/mol. The first-order chi connectivity index (χ1) is 14.2. The van der Waals surface area contributed by atoms with Crippen LogP contribution < -0.4 is 0 Å². The van der Waals surface area contributed by atoms with Crippen molar-refractivity contribution < 1.29 is 9.90 Å². The number of carbonyl (C=O) groups is 1. The quantitative estimate of drug-likeness (QED) is 0.585. The van der Waals surface area contributed by atoms with Gasteiger partial charge < -0.3 is 10.0 Å². The van der Waals surface area contributed by atoms with Gasteiger partial charge in [-0.1, -0.05) is 18.2 Å². The molecule has 0 aliphatic carbocycles. The van der Waals surface area contributed by atoms with E-state index in [0.717, 1.165) is 33.3 Å². The van der Waals surface area contributed by atoms with Crippen LogP contribution in [0, 0.1) is 20.8 Å². The summed E-state index contributed by atoms with van der Waals surface area (Å²) in [7, 11) is 3.90. The summed E-state index contributed by atoms with van der Waals surface area (Å²) in [5.41, 5.74) is 6.59. The molecule has 0 aliphatic rings. The number of rotatable bonds is 7. The Balaban J connectivity index is 2.09. The molecule has 2 aromatic carbocycles. The molecule has 0 bridgehead atoms. The van der Waals surface area contributed by atoms with Crippen molar-refractivity contribution >= 4 is 22.4 Å². The van der Waals surface area contributed by atoms with Gasteiger partial charge in [0, 0.05) is 29.8 Å². The van der Waals surface area contributed by atoms with Gasteiger partial charge >= 0.3 is 0 Å². The molecule has 30 heavy (non-hydrogen) atoms. The van der Waals surface area contributed by atoms with E-state index < -0.39 is 0 Å². The topological polar surface area (TPSA) is 57.8 Å². The highest BCUT2D eigenvalue weighted by Crippen LogP contribution is 2.36. The first-order valence-corrected chi connectivity index (χ1v) is 10.3. The maximum atomic E-state index is 12.2. The fraction of sp³-hybridized carbons (Fsp3) is 0.360. The molecule has 0 radical (unpaired) electrons. The third-order valence-corrected chi connectivity index (χ3v) is 5.26. The maximum absolute atomic E-state index is 12.2. The van der Waals surface area contributed by atoms with Crippen molar-refractivity contribution in [2.24, 2.45) is 4.99 Å². The Bertz CT molecular complexity index is 1100. The van der Waals surface area contributed by atoms with Crippen molar-refractivity contribution in [2.45, 2.75) is 34.1 Å². The van der Waals surface area contributed by atoms with Crippen molar-refractivity contribution in [1.29, 1.82) is 0 Å². The molecule has 1 N–H and O–H groups in total. The van der Waals surface area contributed by atoms with Crippen LogP contribution in [-0.2, 0) is 4.79 Å². The molecule has 0 atom stereocenters.